The predicted octanol–water partition coefficient (Wildman–Crippen LogP) is 15.8. The van der Waals surface area contributed by atoms with Crippen molar-refractivity contribution >= 4 is 38.6 Å². The van der Waals surface area contributed by atoms with E-state index in [4.69, 9.17) is 0 Å². The fourth-order valence-corrected chi connectivity index (χ4v) is 10.9. The van der Waals surface area contributed by atoms with Crippen LogP contribution in [0.2, 0.25) is 0 Å². The average Bonchev–Trinajstić information content (AvgIpc) is 3.76. The Morgan fingerprint density at radius 3 is 1.18 bits per heavy atom. The highest BCUT2D eigenvalue weighted by molar-refractivity contribution is 5.99. The molecule has 61 heavy (non-hydrogen) atoms. The number of anilines is 3. The quantitative estimate of drug-likeness (QED) is 0.156. The van der Waals surface area contributed by atoms with E-state index in [0.717, 1.165) is 17.1 Å². The van der Waals surface area contributed by atoms with Crippen molar-refractivity contribution in [1.82, 2.24) is 0 Å². The molecule has 0 radical (unpaired) electrons. The standard InChI is InChI=1S/C60H43N/c1-59(2)53-24-12-26-55-57(53)58-54(59)25-13-27-56(58)60(55,44-18-4-3-5-19-44)45-32-38-48(39-33-45)61(46-34-28-42(29-35-46)51-22-10-16-40-14-6-8-20-49(40)51)47-36-30-43(31-37-47)52-23-11-17-41-15-7-9-21-50(41)52/h3-39H,1-2H3. The van der Waals surface area contributed by atoms with Crippen molar-refractivity contribution in [3.8, 4) is 33.4 Å². The lowest BCUT2D eigenvalue weighted by Crippen LogP contribution is -2.30. The lowest BCUT2D eigenvalue weighted by Gasteiger charge is -2.36. The molecular weight excluding hydrogens is 735 g/mol. The second-order valence-corrected chi connectivity index (χ2v) is 17.2. The van der Waals surface area contributed by atoms with E-state index < -0.39 is 5.41 Å². The summed E-state index contributed by atoms with van der Waals surface area (Å²) in [6.07, 6.45) is 0. The van der Waals surface area contributed by atoms with Gasteiger partial charge >= 0.3 is 0 Å². The predicted molar refractivity (Wildman–Crippen MR) is 256 cm³/mol. The first kappa shape index (κ1) is 35.5. The number of hydrogen-bond acceptors (Lipinski definition) is 1. The first-order valence-electron chi connectivity index (χ1n) is 21.4. The molecular formula is C60H43N. The number of benzene rings is 10. The highest BCUT2D eigenvalue weighted by Gasteiger charge is 2.52. The van der Waals surface area contributed by atoms with Gasteiger partial charge in [0, 0.05) is 22.5 Å². The third-order valence-electron chi connectivity index (χ3n) is 13.8. The van der Waals surface area contributed by atoms with Crippen LogP contribution in [0.25, 0.3) is 54.9 Å². The molecule has 0 aromatic heterocycles. The summed E-state index contributed by atoms with van der Waals surface area (Å²) in [4.78, 5) is 2.40. The molecule has 0 heterocycles. The highest BCUT2D eigenvalue weighted by atomic mass is 15.1. The lowest BCUT2D eigenvalue weighted by atomic mass is 9.66. The fourth-order valence-electron chi connectivity index (χ4n) is 10.9. The molecule has 0 unspecified atom stereocenters. The molecule has 0 atom stereocenters. The van der Waals surface area contributed by atoms with E-state index in [9.17, 15) is 0 Å². The maximum atomic E-state index is 2.40. The molecule has 288 valence electrons. The third-order valence-corrected chi connectivity index (χ3v) is 13.8. The molecule has 10 aromatic carbocycles. The van der Waals surface area contributed by atoms with Gasteiger partial charge in [0.2, 0.25) is 0 Å². The summed E-state index contributed by atoms with van der Waals surface area (Å²) in [5.74, 6) is 0. The fraction of sp³-hybridized carbons (Fsp3) is 0.0667. The minimum absolute atomic E-state index is 0.0454. The molecule has 0 fully saturated rings. The number of nitrogens with zero attached hydrogens (tertiary/aromatic N) is 1. The van der Waals surface area contributed by atoms with Crippen molar-refractivity contribution in [1.29, 1.82) is 0 Å². The van der Waals surface area contributed by atoms with Crippen LogP contribution in [0.5, 0.6) is 0 Å². The molecule has 0 N–H and O–H groups in total. The van der Waals surface area contributed by atoms with Crippen LogP contribution in [0.3, 0.4) is 0 Å². The SMILES string of the molecule is CC1(C)c2cccc3c2-c2c1cccc2C3(c1ccccc1)c1ccc(N(c2ccc(-c3cccc4ccccc34)cc2)c2ccc(-c3cccc4ccccc34)cc2)cc1. The van der Waals surface area contributed by atoms with Crippen molar-refractivity contribution in [3.63, 3.8) is 0 Å². The third kappa shape index (κ3) is 5.20. The van der Waals surface area contributed by atoms with Crippen LogP contribution < -0.4 is 4.90 Å². The van der Waals surface area contributed by atoms with Crippen LogP contribution in [-0.4, -0.2) is 0 Å². The zero-order chi connectivity index (χ0) is 40.7. The van der Waals surface area contributed by atoms with Gasteiger partial charge in [-0.15, -0.1) is 0 Å². The van der Waals surface area contributed by atoms with Crippen molar-refractivity contribution in [2.24, 2.45) is 0 Å². The molecule has 1 nitrogen and oxygen atoms in total. The lowest BCUT2D eigenvalue weighted by molar-refractivity contribution is 0.652. The topological polar surface area (TPSA) is 3.24 Å². The Morgan fingerprint density at radius 1 is 0.311 bits per heavy atom. The van der Waals surface area contributed by atoms with E-state index in [2.05, 4.69) is 243 Å². The molecule has 12 rings (SSSR count). The smallest absolute Gasteiger partial charge is 0.0713 e. The molecule has 0 aliphatic heterocycles. The summed E-state index contributed by atoms with van der Waals surface area (Å²) in [5.41, 5.74) is 18.7. The summed E-state index contributed by atoms with van der Waals surface area (Å²) in [6.45, 7) is 4.76. The van der Waals surface area contributed by atoms with Crippen molar-refractivity contribution in [2.45, 2.75) is 24.7 Å². The van der Waals surface area contributed by atoms with Gasteiger partial charge < -0.3 is 4.90 Å². The molecule has 1 heteroatoms. The maximum Gasteiger partial charge on any atom is 0.0713 e. The monoisotopic (exact) mass is 777 g/mol. The Balaban J connectivity index is 1.01. The molecule has 0 bridgehead atoms. The molecule has 10 aromatic rings. The van der Waals surface area contributed by atoms with Crippen LogP contribution in [0.1, 0.15) is 47.2 Å². The van der Waals surface area contributed by atoms with Crippen molar-refractivity contribution in [2.75, 3.05) is 4.90 Å². The summed E-state index contributed by atoms with van der Waals surface area (Å²) in [5, 5.41) is 5.03. The first-order valence-corrected chi connectivity index (χ1v) is 21.4. The van der Waals surface area contributed by atoms with Crippen LogP contribution in [0, 0.1) is 0 Å². The Kier molecular flexibility index (Phi) is 7.86. The summed E-state index contributed by atoms with van der Waals surface area (Å²) >= 11 is 0. The van der Waals surface area contributed by atoms with Crippen molar-refractivity contribution < 1.29 is 0 Å². The number of hydrogen-bond donors (Lipinski definition) is 0. The van der Waals surface area contributed by atoms with Crippen LogP contribution in [0.4, 0.5) is 17.1 Å². The molecule has 2 aliphatic carbocycles. The molecule has 2 aliphatic rings. The molecule has 0 saturated carbocycles. The number of rotatable bonds is 7. The second-order valence-electron chi connectivity index (χ2n) is 17.2. The Hall–Kier alpha value is -7.48. The van der Waals surface area contributed by atoms with E-state index in [0.29, 0.717) is 0 Å². The largest absolute Gasteiger partial charge is 0.311 e. The van der Waals surface area contributed by atoms with Gasteiger partial charge in [-0.1, -0.05) is 202 Å². The van der Waals surface area contributed by atoms with Crippen molar-refractivity contribution in [3.05, 3.63) is 258 Å². The van der Waals surface area contributed by atoms with Gasteiger partial charge in [0.1, 0.15) is 0 Å². The molecule has 0 spiro atoms. The molecule has 0 saturated heterocycles. The maximum absolute atomic E-state index is 2.40. The zero-order valence-corrected chi connectivity index (χ0v) is 34.3. The summed E-state index contributed by atoms with van der Waals surface area (Å²) in [7, 11) is 0. The van der Waals surface area contributed by atoms with Gasteiger partial charge in [-0.3, -0.25) is 0 Å². The van der Waals surface area contributed by atoms with E-state index in [1.165, 1.54) is 88.3 Å². The summed E-state index contributed by atoms with van der Waals surface area (Å²) < 4.78 is 0. The first-order chi connectivity index (χ1) is 30.0. The minimum atomic E-state index is -0.446. The van der Waals surface area contributed by atoms with Gasteiger partial charge in [0.15, 0.2) is 0 Å². The Bertz CT molecular complexity index is 3110. The van der Waals surface area contributed by atoms with Crippen LogP contribution in [-0.2, 0) is 10.8 Å². The van der Waals surface area contributed by atoms with Crippen LogP contribution >= 0.6 is 0 Å². The Labute approximate surface area is 357 Å². The van der Waals surface area contributed by atoms with Gasteiger partial charge in [0.05, 0.1) is 5.41 Å². The van der Waals surface area contributed by atoms with Gasteiger partial charge in [-0.2, -0.15) is 0 Å². The van der Waals surface area contributed by atoms with Gasteiger partial charge in [-0.05, 0) is 125 Å². The zero-order valence-electron chi connectivity index (χ0n) is 34.3. The Morgan fingerprint density at radius 2 is 0.689 bits per heavy atom. The molecule has 0 amide bonds. The highest BCUT2D eigenvalue weighted by Crippen LogP contribution is 2.64. The minimum Gasteiger partial charge on any atom is -0.311 e. The summed E-state index contributed by atoms with van der Waals surface area (Å²) in [6, 6.07) is 83.2. The van der Waals surface area contributed by atoms with Gasteiger partial charge in [-0.25, -0.2) is 0 Å². The van der Waals surface area contributed by atoms with E-state index in [1.54, 1.807) is 0 Å². The van der Waals surface area contributed by atoms with E-state index in [-0.39, 0.29) is 5.41 Å². The second kappa shape index (κ2) is 13.5. The normalized spacial score (nSPS) is 14.0. The van der Waals surface area contributed by atoms with Gasteiger partial charge in [0.25, 0.3) is 0 Å². The average molecular weight is 778 g/mol. The number of fused-ring (bicyclic) bond motifs is 2. The van der Waals surface area contributed by atoms with E-state index >= 15 is 0 Å². The van der Waals surface area contributed by atoms with Crippen LogP contribution in [0.15, 0.2) is 224 Å². The van der Waals surface area contributed by atoms with E-state index in [1.807, 2.05) is 0 Å².